The van der Waals surface area contributed by atoms with Crippen LogP contribution in [0.4, 0.5) is 0 Å². The van der Waals surface area contributed by atoms with E-state index in [9.17, 15) is 0 Å². The predicted octanol–water partition coefficient (Wildman–Crippen LogP) is 0.716. The average molecular weight is 387 g/mol. The highest BCUT2D eigenvalue weighted by atomic mass is 127. The summed E-state index contributed by atoms with van der Waals surface area (Å²) in [5.74, 6) is 0.427. The maximum atomic E-state index is 9.16. The molecule has 0 spiro atoms. The molecule has 0 aliphatic heterocycles. The molecule has 7 heteroatoms. The molecule has 0 saturated carbocycles. The molecule has 4 nitrogen and oxygen atoms in total. The molecule has 0 atom stereocenters. The normalized spacial score (nSPS) is 10.2. The molecule has 0 amide bonds. The molecule has 0 heterocycles. The van der Waals surface area contributed by atoms with Crippen LogP contribution in [0.3, 0.4) is 0 Å². The quantitative estimate of drug-likeness (QED) is 0.455. The molecule has 82 valence electrons. The van der Waals surface area contributed by atoms with Crippen molar-refractivity contribution in [1.82, 2.24) is 0 Å². The molecule has 0 bridgehead atoms. The van der Waals surface area contributed by atoms with Crippen molar-refractivity contribution in [3.63, 3.8) is 0 Å². The van der Waals surface area contributed by atoms with Gasteiger partial charge in [0.15, 0.2) is 6.79 Å². The Morgan fingerprint density at radius 2 is 2.13 bits per heavy atom. The third kappa shape index (κ3) is 3.60. The van der Waals surface area contributed by atoms with E-state index >= 15 is 0 Å². The van der Waals surface area contributed by atoms with Crippen LogP contribution in [-0.2, 0) is 4.74 Å². The summed E-state index contributed by atoms with van der Waals surface area (Å²) < 4.78 is 11.6. The lowest BCUT2D eigenvalue weighted by Crippen LogP contribution is -2.32. The molecule has 1 rings (SSSR count). The highest BCUT2D eigenvalue weighted by Gasteiger charge is 2.20. The summed E-state index contributed by atoms with van der Waals surface area (Å²) >= 11 is 5.32. The van der Waals surface area contributed by atoms with Crippen molar-refractivity contribution in [1.29, 1.82) is 0 Å². The lowest BCUT2D eigenvalue weighted by atomic mass is 9.79. The zero-order valence-corrected chi connectivity index (χ0v) is 11.6. The van der Waals surface area contributed by atoms with E-state index in [0.717, 1.165) is 8.04 Å². The second-order valence-corrected chi connectivity index (χ2v) is 4.81. The number of hydrogen-bond acceptors (Lipinski definition) is 4. The minimum Gasteiger partial charge on any atom is -0.467 e. The van der Waals surface area contributed by atoms with Gasteiger partial charge in [-0.3, -0.25) is 0 Å². The molecule has 0 unspecified atom stereocenters. The van der Waals surface area contributed by atoms with E-state index in [0.29, 0.717) is 11.2 Å². The summed E-state index contributed by atoms with van der Waals surface area (Å²) in [7, 11) is -0.0660. The van der Waals surface area contributed by atoms with Crippen LogP contribution in [0.15, 0.2) is 16.6 Å². The lowest BCUT2D eigenvalue weighted by molar-refractivity contribution is 0.0511. The molecule has 0 aromatic heterocycles. The Labute approximate surface area is 110 Å². The third-order valence-corrected chi connectivity index (χ3v) is 2.90. The monoisotopic (exact) mass is 386 g/mol. The standard InChI is InChI=1S/C8H9BBrIO4/c1-14-4-15-8-6(9(12)13)2-5(10)3-7(8)11/h2-3,12-13H,4H2,1H3. The van der Waals surface area contributed by atoms with Gasteiger partial charge in [0, 0.05) is 17.0 Å². The Balaban J connectivity index is 3.09. The number of halogens is 2. The van der Waals surface area contributed by atoms with Crippen LogP contribution in [-0.4, -0.2) is 31.1 Å². The molecule has 2 N–H and O–H groups in total. The van der Waals surface area contributed by atoms with E-state index in [-0.39, 0.29) is 6.79 Å². The first-order valence-electron chi connectivity index (χ1n) is 4.03. The van der Waals surface area contributed by atoms with Crippen LogP contribution in [0, 0.1) is 3.57 Å². The number of methoxy groups -OCH3 is 1. The van der Waals surface area contributed by atoms with Crippen LogP contribution < -0.4 is 10.2 Å². The van der Waals surface area contributed by atoms with Gasteiger partial charge in [0.1, 0.15) is 5.75 Å². The molecular weight excluding hydrogens is 378 g/mol. The second-order valence-electron chi connectivity index (χ2n) is 2.73. The van der Waals surface area contributed by atoms with Crippen molar-refractivity contribution in [3.05, 3.63) is 20.2 Å². The van der Waals surface area contributed by atoms with Crippen LogP contribution in [0.25, 0.3) is 0 Å². The molecule has 1 aromatic rings. The summed E-state index contributed by atoms with van der Waals surface area (Å²) in [5.41, 5.74) is 0.311. The highest BCUT2D eigenvalue weighted by molar-refractivity contribution is 14.1. The Morgan fingerprint density at radius 1 is 1.47 bits per heavy atom. The lowest BCUT2D eigenvalue weighted by Gasteiger charge is -2.12. The summed E-state index contributed by atoms with van der Waals surface area (Å²) in [6.45, 7) is 0.0668. The minimum absolute atomic E-state index is 0.0668. The number of hydrogen-bond donors (Lipinski definition) is 2. The second kappa shape index (κ2) is 6.04. The fraction of sp³-hybridized carbons (Fsp3) is 0.250. The zero-order chi connectivity index (χ0) is 11.4. The van der Waals surface area contributed by atoms with Gasteiger partial charge >= 0.3 is 7.12 Å². The molecule has 0 saturated heterocycles. The SMILES string of the molecule is COCOc1c(I)cc(Br)cc1B(O)O. The molecule has 0 aliphatic rings. The van der Waals surface area contributed by atoms with E-state index in [2.05, 4.69) is 38.5 Å². The van der Waals surface area contributed by atoms with Crippen LogP contribution >= 0.6 is 38.5 Å². The Hall–Kier alpha value is 0.175. The van der Waals surface area contributed by atoms with Crippen molar-refractivity contribution in [3.8, 4) is 5.75 Å². The third-order valence-electron chi connectivity index (χ3n) is 1.64. The molecule has 1 aromatic carbocycles. The Morgan fingerprint density at radius 3 is 2.67 bits per heavy atom. The molecule has 0 fully saturated rings. The smallest absolute Gasteiger partial charge is 0.467 e. The largest absolute Gasteiger partial charge is 0.492 e. The van der Waals surface area contributed by atoms with E-state index in [4.69, 9.17) is 19.5 Å². The fourth-order valence-corrected chi connectivity index (χ4v) is 2.75. The molecular formula is C8H9BBrIO4. The average Bonchev–Trinajstić information content (AvgIpc) is 2.15. The van der Waals surface area contributed by atoms with Crippen molar-refractivity contribution < 1.29 is 19.5 Å². The van der Waals surface area contributed by atoms with Gasteiger partial charge in [-0.15, -0.1) is 0 Å². The van der Waals surface area contributed by atoms with E-state index in [1.165, 1.54) is 7.11 Å². The predicted molar refractivity (Wildman–Crippen MR) is 69.2 cm³/mol. The van der Waals surface area contributed by atoms with Gasteiger partial charge in [-0.2, -0.15) is 0 Å². The summed E-state index contributed by atoms with van der Waals surface area (Å²) in [4.78, 5) is 0. The zero-order valence-electron chi connectivity index (χ0n) is 7.91. The van der Waals surface area contributed by atoms with Crippen molar-refractivity contribution >= 4 is 51.1 Å². The van der Waals surface area contributed by atoms with Gasteiger partial charge in [-0.25, -0.2) is 0 Å². The van der Waals surface area contributed by atoms with Gasteiger partial charge in [0.05, 0.1) is 3.57 Å². The molecule has 0 aliphatic carbocycles. The Bertz CT molecular complexity index is 348. The van der Waals surface area contributed by atoms with Gasteiger partial charge in [0.2, 0.25) is 0 Å². The molecule has 0 radical (unpaired) electrons. The number of ether oxygens (including phenoxy) is 2. The fourth-order valence-electron chi connectivity index (χ4n) is 1.04. The summed E-state index contributed by atoms with van der Waals surface area (Å²) in [5, 5.41) is 18.3. The van der Waals surface area contributed by atoms with Crippen molar-refractivity contribution in [2.45, 2.75) is 0 Å². The minimum atomic E-state index is -1.57. The van der Waals surface area contributed by atoms with E-state index in [1.54, 1.807) is 6.07 Å². The Kier molecular flexibility index (Phi) is 5.34. The topological polar surface area (TPSA) is 58.9 Å². The highest BCUT2D eigenvalue weighted by Crippen LogP contribution is 2.23. The van der Waals surface area contributed by atoms with Gasteiger partial charge in [-0.1, -0.05) is 15.9 Å². The van der Waals surface area contributed by atoms with Crippen molar-refractivity contribution in [2.24, 2.45) is 0 Å². The first-order chi connectivity index (χ1) is 7.06. The summed E-state index contributed by atoms with van der Waals surface area (Å²) in [6.07, 6.45) is 0. The van der Waals surface area contributed by atoms with Crippen LogP contribution in [0.2, 0.25) is 0 Å². The van der Waals surface area contributed by atoms with Gasteiger partial charge < -0.3 is 19.5 Å². The van der Waals surface area contributed by atoms with E-state index in [1.807, 2.05) is 6.07 Å². The van der Waals surface area contributed by atoms with Gasteiger partial charge in [-0.05, 0) is 34.7 Å². The van der Waals surface area contributed by atoms with Crippen molar-refractivity contribution in [2.75, 3.05) is 13.9 Å². The maximum absolute atomic E-state index is 9.16. The van der Waals surface area contributed by atoms with Crippen LogP contribution in [0.1, 0.15) is 0 Å². The van der Waals surface area contributed by atoms with E-state index < -0.39 is 7.12 Å². The number of rotatable bonds is 4. The first kappa shape index (κ1) is 13.2. The first-order valence-corrected chi connectivity index (χ1v) is 5.90. The maximum Gasteiger partial charge on any atom is 0.492 e. The molecule has 15 heavy (non-hydrogen) atoms. The summed E-state index contributed by atoms with van der Waals surface area (Å²) in [6, 6.07) is 3.41. The van der Waals surface area contributed by atoms with Crippen LogP contribution in [0.5, 0.6) is 5.75 Å². The van der Waals surface area contributed by atoms with Gasteiger partial charge in [0.25, 0.3) is 0 Å². The number of benzene rings is 1.